The number of aromatic nitrogens is 2. The number of piperidine rings is 1. The van der Waals surface area contributed by atoms with Gasteiger partial charge in [0.25, 0.3) is 0 Å². The minimum atomic E-state index is -1.00. The van der Waals surface area contributed by atoms with Gasteiger partial charge in [0, 0.05) is 25.7 Å². The summed E-state index contributed by atoms with van der Waals surface area (Å²) in [6, 6.07) is 9.68. The van der Waals surface area contributed by atoms with Gasteiger partial charge in [0.15, 0.2) is 0 Å². The topological polar surface area (TPSA) is 67.6 Å². The van der Waals surface area contributed by atoms with E-state index in [1.54, 1.807) is 9.58 Å². The molecule has 26 heavy (non-hydrogen) atoms. The molecule has 1 amide bonds. The van der Waals surface area contributed by atoms with Crippen LogP contribution in [0.5, 0.6) is 5.75 Å². The quantitative estimate of drug-likeness (QED) is 0.862. The molecule has 1 aromatic carbocycles. The van der Waals surface area contributed by atoms with Crippen LogP contribution in [0, 0.1) is 13.8 Å². The molecule has 6 nitrogen and oxygen atoms in total. The second kappa shape index (κ2) is 7.91. The second-order valence-electron chi connectivity index (χ2n) is 7.17. The summed E-state index contributed by atoms with van der Waals surface area (Å²) < 4.78 is 7.62. The number of nitrogens with zero attached hydrogens (tertiary/aromatic N) is 3. The number of benzene rings is 1. The largest absolute Gasteiger partial charge is 0.490 e. The number of hydrogen-bond acceptors (Lipinski definition) is 4. The van der Waals surface area contributed by atoms with Crippen LogP contribution in [-0.4, -0.2) is 51.0 Å². The van der Waals surface area contributed by atoms with Crippen molar-refractivity contribution in [3.05, 3.63) is 47.8 Å². The normalized spacial score (nSPS) is 20.2. The summed E-state index contributed by atoms with van der Waals surface area (Å²) in [7, 11) is 0. The molecule has 1 aliphatic heterocycles. The summed E-state index contributed by atoms with van der Waals surface area (Å²) in [5.41, 5.74) is 0.978. The number of rotatable bonds is 6. The summed E-state index contributed by atoms with van der Waals surface area (Å²) in [6.07, 6.45) is 3.68. The Morgan fingerprint density at radius 2 is 2.12 bits per heavy atom. The van der Waals surface area contributed by atoms with Crippen LogP contribution in [0.4, 0.5) is 0 Å². The van der Waals surface area contributed by atoms with Crippen molar-refractivity contribution in [2.75, 3.05) is 19.7 Å². The third-order valence-electron chi connectivity index (χ3n) is 4.83. The van der Waals surface area contributed by atoms with E-state index < -0.39 is 5.60 Å². The summed E-state index contributed by atoms with van der Waals surface area (Å²) in [6.45, 7) is 5.66. The van der Waals surface area contributed by atoms with E-state index in [0.29, 0.717) is 32.5 Å². The fraction of sp³-hybridized carbons (Fsp3) is 0.500. The Morgan fingerprint density at radius 1 is 1.31 bits per heavy atom. The van der Waals surface area contributed by atoms with Crippen LogP contribution < -0.4 is 4.74 Å². The first-order chi connectivity index (χ1) is 12.5. The van der Waals surface area contributed by atoms with Gasteiger partial charge in [0.1, 0.15) is 18.0 Å². The molecule has 1 N–H and O–H groups in total. The monoisotopic (exact) mass is 357 g/mol. The molecule has 1 aliphatic rings. The van der Waals surface area contributed by atoms with Crippen molar-refractivity contribution in [1.82, 2.24) is 14.7 Å². The van der Waals surface area contributed by atoms with Gasteiger partial charge < -0.3 is 14.7 Å². The van der Waals surface area contributed by atoms with Gasteiger partial charge in [-0.15, -0.1) is 0 Å². The fourth-order valence-corrected chi connectivity index (χ4v) is 3.33. The Bertz CT molecular complexity index is 758. The number of amides is 1. The average molecular weight is 357 g/mol. The van der Waals surface area contributed by atoms with E-state index in [1.807, 2.05) is 50.4 Å². The van der Waals surface area contributed by atoms with Gasteiger partial charge in [-0.3, -0.25) is 9.48 Å². The van der Waals surface area contributed by atoms with Gasteiger partial charge in [-0.1, -0.05) is 18.2 Å². The van der Waals surface area contributed by atoms with E-state index in [2.05, 4.69) is 5.10 Å². The van der Waals surface area contributed by atoms with Gasteiger partial charge in [0.05, 0.1) is 12.2 Å². The number of ether oxygens (including phenoxy) is 1. The van der Waals surface area contributed by atoms with Gasteiger partial charge in [-0.2, -0.15) is 5.10 Å². The highest BCUT2D eigenvalue weighted by molar-refractivity contribution is 5.76. The molecule has 1 atom stereocenters. The molecule has 1 fully saturated rings. The lowest BCUT2D eigenvalue weighted by molar-refractivity contribution is -0.140. The van der Waals surface area contributed by atoms with E-state index in [1.165, 1.54) is 0 Å². The van der Waals surface area contributed by atoms with Gasteiger partial charge in [-0.05, 0) is 44.4 Å². The summed E-state index contributed by atoms with van der Waals surface area (Å²) in [5.74, 6) is 0.825. The lowest BCUT2D eigenvalue weighted by Gasteiger charge is -2.39. The molecule has 0 bridgehead atoms. The molecule has 2 aromatic rings. The second-order valence-corrected chi connectivity index (χ2v) is 7.17. The zero-order valence-corrected chi connectivity index (χ0v) is 15.5. The van der Waals surface area contributed by atoms with Crippen LogP contribution in [0.3, 0.4) is 0 Å². The van der Waals surface area contributed by atoms with E-state index in [9.17, 15) is 9.90 Å². The number of carbonyl (C=O) groups is 1. The number of likely N-dealkylation sites (tertiary alicyclic amines) is 1. The number of aryl methyl sites for hydroxylation is 3. The lowest BCUT2D eigenvalue weighted by Crippen LogP contribution is -2.53. The maximum atomic E-state index is 12.5. The third kappa shape index (κ3) is 4.64. The highest BCUT2D eigenvalue weighted by Crippen LogP contribution is 2.24. The Kier molecular flexibility index (Phi) is 5.61. The predicted molar refractivity (Wildman–Crippen MR) is 99.0 cm³/mol. The van der Waals surface area contributed by atoms with E-state index in [-0.39, 0.29) is 12.5 Å². The molecule has 1 unspecified atom stereocenters. The van der Waals surface area contributed by atoms with Crippen molar-refractivity contribution in [3.63, 3.8) is 0 Å². The smallest absolute Gasteiger partial charge is 0.224 e. The molecular formula is C20H27N3O3. The van der Waals surface area contributed by atoms with Crippen molar-refractivity contribution in [2.24, 2.45) is 0 Å². The highest BCUT2D eigenvalue weighted by atomic mass is 16.5. The molecule has 2 heterocycles. The predicted octanol–water partition coefficient (Wildman–Crippen LogP) is 2.32. The minimum Gasteiger partial charge on any atom is -0.490 e. The Balaban J connectivity index is 1.53. The van der Waals surface area contributed by atoms with E-state index >= 15 is 0 Å². The SMILES string of the molecule is Cc1ccn(CCC(=O)N2CCCC(O)(COc3ccccc3C)C2)n1. The van der Waals surface area contributed by atoms with Crippen molar-refractivity contribution in [3.8, 4) is 5.75 Å². The molecule has 3 rings (SSSR count). The third-order valence-corrected chi connectivity index (χ3v) is 4.83. The first-order valence-electron chi connectivity index (χ1n) is 9.14. The molecule has 0 aliphatic carbocycles. The maximum absolute atomic E-state index is 12.5. The molecule has 0 radical (unpaired) electrons. The highest BCUT2D eigenvalue weighted by Gasteiger charge is 2.36. The van der Waals surface area contributed by atoms with Gasteiger partial charge in [0.2, 0.25) is 5.91 Å². The Labute approximate surface area is 154 Å². The van der Waals surface area contributed by atoms with Crippen LogP contribution in [0.1, 0.15) is 30.5 Å². The van der Waals surface area contributed by atoms with Crippen LogP contribution in [-0.2, 0) is 11.3 Å². The molecular weight excluding hydrogens is 330 g/mol. The molecule has 6 heteroatoms. The van der Waals surface area contributed by atoms with Crippen LogP contribution in [0.15, 0.2) is 36.5 Å². The number of carbonyl (C=O) groups excluding carboxylic acids is 1. The van der Waals surface area contributed by atoms with Gasteiger partial charge >= 0.3 is 0 Å². The fourth-order valence-electron chi connectivity index (χ4n) is 3.33. The molecule has 1 aromatic heterocycles. The van der Waals surface area contributed by atoms with Crippen molar-refractivity contribution >= 4 is 5.91 Å². The van der Waals surface area contributed by atoms with Crippen LogP contribution >= 0.6 is 0 Å². The summed E-state index contributed by atoms with van der Waals surface area (Å²) in [4.78, 5) is 14.3. The molecule has 0 spiro atoms. The number of para-hydroxylation sites is 1. The van der Waals surface area contributed by atoms with Crippen LogP contribution in [0.2, 0.25) is 0 Å². The number of β-amino-alcohol motifs (C(OH)–C–C–N with tert-alkyl or cyclic N) is 1. The zero-order valence-electron chi connectivity index (χ0n) is 15.5. The van der Waals surface area contributed by atoms with Crippen molar-refractivity contribution in [1.29, 1.82) is 0 Å². The Morgan fingerprint density at radius 3 is 2.85 bits per heavy atom. The summed E-state index contributed by atoms with van der Waals surface area (Å²) >= 11 is 0. The van der Waals surface area contributed by atoms with E-state index in [4.69, 9.17) is 4.74 Å². The van der Waals surface area contributed by atoms with Crippen molar-refractivity contribution in [2.45, 2.75) is 45.3 Å². The lowest BCUT2D eigenvalue weighted by atomic mass is 9.93. The molecule has 1 saturated heterocycles. The molecule has 140 valence electrons. The minimum absolute atomic E-state index is 0.0483. The number of hydrogen-bond donors (Lipinski definition) is 1. The summed E-state index contributed by atoms with van der Waals surface area (Å²) in [5, 5.41) is 15.2. The van der Waals surface area contributed by atoms with E-state index in [0.717, 1.165) is 23.4 Å². The first kappa shape index (κ1) is 18.5. The van der Waals surface area contributed by atoms with Gasteiger partial charge in [-0.25, -0.2) is 0 Å². The van der Waals surface area contributed by atoms with Crippen molar-refractivity contribution < 1.29 is 14.6 Å². The van der Waals surface area contributed by atoms with Crippen LogP contribution in [0.25, 0.3) is 0 Å². The first-order valence-corrected chi connectivity index (χ1v) is 9.14. The maximum Gasteiger partial charge on any atom is 0.224 e. The average Bonchev–Trinajstić information content (AvgIpc) is 3.04. The Hall–Kier alpha value is -2.34. The zero-order chi connectivity index (χ0) is 18.6. The standard InChI is InChI=1S/C20H27N3O3/c1-16-6-3-4-7-18(16)26-15-20(25)10-5-11-22(14-20)19(24)9-13-23-12-8-17(2)21-23/h3-4,6-8,12,25H,5,9-11,13-15H2,1-2H3. The molecule has 0 saturated carbocycles. The number of aliphatic hydroxyl groups is 1.